The molecular formula is C17H30N2. The maximum Gasteiger partial charge on any atom is 0.0166 e. The Kier molecular flexibility index (Phi) is 7.76. The van der Waals surface area contributed by atoms with Crippen LogP contribution in [0.4, 0.5) is 0 Å². The first kappa shape index (κ1) is 16.2. The van der Waals surface area contributed by atoms with Crippen molar-refractivity contribution in [3.05, 3.63) is 35.9 Å². The summed E-state index contributed by atoms with van der Waals surface area (Å²) < 4.78 is 0. The lowest BCUT2D eigenvalue weighted by molar-refractivity contribution is 0.269. The topological polar surface area (TPSA) is 15.3 Å². The summed E-state index contributed by atoms with van der Waals surface area (Å²) in [5, 5.41) is 3.69. The number of nitrogens with one attached hydrogen (secondary N) is 1. The SMILES string of the molecule is CCC(CNC(C)CN(CC)CC)c1ccccc1. The van der Waals surface area contributed by atoms with Crippen LogP contribution in [-0.4, -0.2) is 37.1 Å². The fraction of sp³-hybridized carbons (Fsp3) is 0.647. The summed E-state index contributed by atoms with van der Waals surface area (Å²) in [5.74, 6) is 0.625. The average molecular weight is 262 g/mol. The summed E-state index contributed by atoms with van der Waals surface area (Å²) in [5.41, 5.74) is 1.45. The fourth-order valence-corrected chi connectivity index (χ4v) is 2.50. The van der Waals surface area contributed by atoms with Crippen LogP contribution < -0.4 is 5.32 Å². The van der Waals surface area contributed by atoms with Gasteiger partial charge in [0.05, 0.1) is 0 Å². The van der Waals surface area contributed by atoms with Gasteiger partial charge in [0.25, 0.3) is 0 Å². The first-order valence-electron chi connectivity index (χ1n) is 7.71. The van der Waals surface area contributed by atoms with Crippen molar-refractivity contribution >= 4 is 0 Å². The fourth-order valence-electron chi connectivity index (χ4n) is 2.50. The first-order valence-corrected chi connectivity index (χ1v) is 7.71. The van der Waals surface area contributed by atoms with Gasteiger partial charge in [0.1, 0.15) is 0 Å². The average Bonchev–Trinajstić information content (AvgIpc) is 2.46. The lowest BCUT2D eigenvalue weighted by Crippen LogP contribution is -2.40. The molecule has 19 heavy (non-hydrogen) atoms. The van der Waals surface area contributed by atoms with E-state index < -0.39 is 0 Å². The second kappa shape index (κ2) is 9.11. The van der Waals surface area contributed by atoms with E-state index in [9.17, 15) is 0 Å². The van der Waals surface area contributed by atoms with Gasteiger partial charge in [-0.05, 0) is 37.9 Å². The maximum absolute atomic E-state index is 3.69. The number of benzene rings is 1. The molecule has 0 aliphatic rings. The maximum atomic E-state index is 3.69. The van der Waals surface area contributed by atoms with Gasteiger partial charge in [-0.25, -0.2) is 0 Å². The second-order valence-corrected chi connectivity index (χ2v) is 5.31. The number of likely N-dealkylation sites (N-methyl/N-ethyl adjacent to an activating group) is 1. The lowest BCUT2D eigenvalue weighted by atomic mass is 9.96. The van der Waals surface area contributed by atoms with E-state index in [1.54, 1.807) is 0 Å². The summed E-state index contributed by atoms with van der Waals surface area (Å²) in [6.45, 7) is 13.5. The van der Waals surface area contributed by atoms with Gasteiger partial charge in [-0.3, -0.25) is 0 Å². The zero-order chi connectivity index (χ0) is 14.1. The molecule has 2 nitrogen and oxygen atoms in total. The van der Waals surface area contributed by atoms with Gasteiger partial charge in [-0.15, -0.1) is 0 Å². The van der Waals surface area contributed by atoms with Crippen LogP contribution in [0.25, 0.3) is 0 Å². The van der Waals surface area contributed by atoms with Crippen molar-refractivity contribution in [2.45, 2.75) is 46.1 Å². The van der Waals surface area contributed by atoms with E-state index in [1.807, 2.05) is 0 Å². The largest absolute Gasteiger partial charge is 0.312 e. The van der Waals surface area contributed by atoms with Gasteiger partial charge in [-0.1, -0.05) is 51.1 Å². The van der Waals surface area contributed by atoms with Crippen LogP contribution in [0.15, 0.2) is 30.3 Å². The summed E-state index contributed by atoms with van der Waals surface area (Å²) in [6, 6.07) is 11.4. The van der Waals surface area contributed by atoms with Gasteiger partial charge in [-0.2, -0.15) is 0 Å². The van der Waals surface area contributed by atoms with Crippen molar-refractivity contribution in [3.8, 4) is 0 Å². The molecule has 0 bridgehead atoms. The standard InChI is InChI=1S/C17H30N2/c1-5-16(17-11-9-8-10-12-17)13-18-15(4)14-19(6-2)7-3/h8-12,15-16,18H,5-7,13-14H2,1-4H3. The van der Waals surface area contributed by atoms with Crippen LogP contribution in [-0.2, 0) is 0 Å². The molecule has 1 aromatic rings. The molecule has 1 aromatic carbocycles. The molecule has 2 unspecified atom stereocenters. The van der Waals surface area contributed by atoms with Crippen molar-refractivity contribution in [2.24, 2.45) is 0 Å². The highest BCUT2D eigenvalue weighted by atomic mass is 15.1. The van der Waals surface area contributed by atoms with Crippen molar-refractivity contribution in [3.63, 3.8) is 0 Å². The number of rotatable bonds is 9. The summed E-state index contributed by atoms with van der Waals surface area (Å²) in [7, 11) is 0. The molecule has 0 fully saturated rings. The summed E-state index contributed by atoms with van der Waals surface area (Å²) in [4.78, 5) is 2.47. The molecular weight excluding hydrogens is 232 g/mol. The Morgan fingerprint density at radius 1 is 1.05 bits per heavy atom. The third-order valence-corrected chi connectivity index (χ3v) is 3.90. The van der Waals surface area contributed by atoms with E-state index >= 15 is 0 Å². The van der Waals surface area contributed by atoms with E-state index in [0.717, 1.165) is 26.2 Å². The molecule has 0 aliphatic carbocycles. The van der Waals surface area contributed by atoms with Crippen molar-refractivity contribution in [1.82, 2.24) is 10.2 Å². The molecule has 108 valence electrons. The lowest BCUT2D eigenvalue weighted by Gasteiger charge is -2.25. The summed E-state index contributed by atoms with van der Waals surface area (Å²) >= 11 is 0. The third kappa shape index (κ3) is 5.75. The minimum Gasteiger partial charge on any atom is -0.312 e. The molecule has 0 saturated heterocycles. The third-order valence-electron chi connectivity index (χ3n) is 3.90. The zero-order valence-electron chi connectivity index (χ0n) is 13.0. The monoisotopic (exact) mass is 262 g/mol. The van der Waals surface area contributed by atoms with Crippen LogP contribution in [0.1, 0.15) is 45.6 Å². The Morgan fingerprint density at radius 2 is 1.68 bits per heavy atom. The number of hydrogen-bond acceptors (Lipinski definition) is 2. The molecule has 1 N–H and O–H groups in total. The molecule has 2 heteroatoms. The quantitative estimate of drug-likeness (QED) is 0.733. The predicted molar refractivity (Wildman–Crippen MR) is 84.7 cm³/mol. The Hall–Kier alpha value is -0.860. The van der Waals surface area contributed by atoms with E-state index in [-0.39, 0.29) is 0 Å². The molecule has 0 aromatic heterocycles. The van der Waals surface area contributed by atoms with E-state index in [1.165, 1.54) is 12.0 Å². The van der Waals surface area contributed by atoms with E-state index in [4.69, 9.17) is 0 Å². The number of nitrogens with zero attached hydrogens (tertiary/aromatic N) is 1. The Morgan fingerprint density at radius 3 is 2.21 bits per heavy atom. The molecule has 0 heterocycles. The normalized spacial score (nSPS) is 14.6. The first-order chi connectivity index (χ1) is 9.21. The van der Waals surface area contributed by atoms with Gasteiger partial charge < -0.3 is 10.2 Å². The summed E-state index contributed by atoms with van der Waals surface area (Å²) in [6.07, 6.45) is 1.19. The Balaban J connectivity index is 2.41. The Labute approximate surface area is 119 Å². The second-order valence-electron chi connectivity index (χ2n) is 5.31. The highest BCUT2D eigenvalue weighted by Gasteiger charge is 2.11. The molecule has 0 amide bonds. The smallest absolute Gasteiger partial charge is 0.0166 e. The minimum absolute atomic E-state index is 0.553. The van der Waals surface area contributed by atoms with Crippen LogP contribution in [0.5, 0.6) is 0 Å². The van der Waals surface area contributed by atoms with Crippen LogP contribution in [0.3, 0.4) is 0 Å². The molecule has 0 saturated carbocycles. The Bertz CT molecular complexity index is 319. The van der Waals surface area contributed by atoms with Crippen LogP contribution >= 0.6 is 0 Å². The van der Waals surface area contributed by atoms with Crippen molar-refractivity contribution in [1.29, 1.82) is 0 Å². The van der Waals surface area contributed by atoms with Crippen LogP contribution in [0.2, 0.25) is 0 Å². The highest BCUT2D eigenvalue weighted by Crippen LogP contribution is 2.18. The molecule has 2 atom stereocenters. The molecule has 0 spiro atoms. The van der Waals surface area contributed by atoms with E-state index in [0.29, 0.717) is 12.0 Å². The van der Waals surface area contributed by atoms with Gasteiger partial charge in [0, 0.05) is 19.1 Å². The zero-order valence-corrected chi connectivity index (χ0v) is 13.0. The highest BCUT2D eigenvalue weighted by molar-refractivity contribution is 5.19. The van der Waals surface area contributed by atoms with Crippen LogP contribution in [0, 0.1) is 0 Å². The number of hydrogen-bond donors (Lipinski definition) is 1. The van der Waals surface area contributed by atoms with Crippen molar-refractivity contribution in [2.75, 3.05) is 26.2 Å². The van der Waals surface area contributed by atoms with Gasteiger partial charge in [0.15, 0.2) is 0 Å². The minimum atomic E-state index is 0.553. The molecule has 1 rings (SSSR count). The molecule has 0 radical (unpaired) electrons. The van der Waals surface area contributed by atoms with Gasteiger partial charge in [0.2, 0.25) is 0 Å². The predicted octanol–water partition coefficient (Wildman–Crippen LogP) is 3.50. The van der Waals surface area contributed by atoms with E-state index in [2.05, 4.69) is 68.2 Å². The van der Waals surface area contributed by atoms with Crippen molar-refractivity contribution < 1.29 is 0 Å². The van der Waals surface area contributed by atoms with Gasteiger partial charge >= 0.3 is 0 Å². The molecule has 0 aliphatic heterocycles.